The highest BCUT2D eigenvalue weighted by atomic mass is 16.5. The molecule has 0 saturated carbocycles. The van der Waals surface area contributed by atoms with E-state index >= 15 is 0 Å². The predicted molar refractivity (Wildman–Crippen MR) is 96.9 cm³/mol. The largest absolute Gasteiger partial charge is 0.451 e. The van der Waals surface area contributed by atoms with E-state index < -0.39 is 0 Å². The summed E-state index contributed by atoms with van der Waals surface area (Å²) in [5, 5.41) is 1.03. The Bertz CT molecular complexity index is 761. The van der Waals surface area contributed by atoms with Gasteiger partial charge in [-0.15, -0.1) is 0 Å². The van der Waals surface area contributed by atoms with Gasteiger partial charge in [0.05, 0.1) is 12.7 Å². The molecule has 2 aromatic rings. The summed E-state index contributed by atoms with van der Waals surface area (Å²) in [7, 11) is 0. The quantitative estimate of drug-likeness (QED) is 0.841. The van der Waals surface area contributed by atoms with E-state index in [0.29, 0.717) is 17.9 Å². The number of fused-ring (bicyclic) bond motifs is 1. The van der Waals surface area contributed by atoms with Crippen molar-refractivity contribution in [2.24, 2.45) is 0 Å². The van der Waals surface area contributed by atoms with Gasteiger partial charge in [0.1, 0.15) is 5.58 Å². The maximum absolute atomic E-state index is 12.9. The molecule has 0 radical (unpaired) electrons. The zero-order valence-electron chi connectivity index (χ0n) is 15.0. The molecule has 134 valence electrons. The minimum atomic E-state index is 0.0301. The van der Waals surface area contributed by atoms with Gasteiger partial charge in [-0.05, 0) is 32.8 Å². The molecule has 5 heteroatoms. The van der Waals surface area contributed by atoms with Crippen molar-refractivity contribution in [3.8, 4) is 0 Å². The van der Waals surface area contributed by atoms with Crippen molar-refractivity contribution in [2.75, 3.05) is 32.8 Å². The van der Waals surface area contributed by atoms with Crippen LogP contribution in [-0.4, -0.2) is 60.6 Å². The van der Waals surface area contributed by atoms with Gasteiger partial charge in [-0.2, -0.15) is 0 Å². The van der Waals surface area contributed by atoms with Crippen LogP contribution in [-0.2, 0) is 4.74 Å². The number of ether oxygens (including phenoxy) is 1. The zero-order valence-corrected chi connectivity index (χ0v) is 15.0. The molecule has 1 aromatic heterocycles. The number of carbonyl (C=O) groups excluding carboxylic acids is 1. The summed E-state index contributed by atoms with van der Waals surface area (Å²) in [5.41, 5.74) is 1.74. The molecule has 1 atom stereocenters. The van der Waals surface area contributed by atoms with Crippen LogP contribution < -0.4 is 0 Å². The van der Waals surface area contributed by atoms with Crippen LogP contribution in [0.2, 0.25) is 0 Å². The Balaban J connectivity index is 1.43. The van der Waals surface area contributed by atoms with Gasteiger partial charge in [0.2, 0.25) is 0 Å². The van der Waals surface area contributed by atoms with Crippen molar-refractivity contribution >= 4 is 16.9 Å². The Morgan fingerprint density at radius 1 is 1.16 bits per heavy atom. The van der Waals surface area contributed by atoms with E-state index in [4.69, 9.17) is 9.15 Å². The standard InChI is InChI=1S/C20H26N2O3/c1-14-13-22(11-12-24-14)16-7-9-21(10-8-16)20(23)19-15(2)17-5-3-4-6-18(17)25-19/h3-6,14,16H,7-13H2,1-2H3/t14-/m0/s1. The summed E-state index contributed by atoms with van der Waals surface area (Å²) in [6.45, 7) is 8.53. The van der Waals surface area contributed by atoms with Crippen molar-refractivity contribution in [2.45, 2.75) is 38.8 Å². The summed E-state index contributed by atoms with van der Waals surface area (Å²) >= 11 is 0. The second kappa shape index (κ2) is 6.81. The lowest BCUT2D eigenvalue weighted by molar-refractivity contribution is -0.0424. The molecule has 2 aliphatic rings. The Morgan fingerprint density at radius 2 is 1.92 bits per heavy atom. The molecule has 0 spiro atoms. The number of rotatable bonds is 2. The lowest BCUT2D eigenvalue weighted by Gasteiger charge is -2.41. The fraction of sp³-hybridized carbons (Fsp3) is 0.550. The Morgan fingerprint density at radius 3 is 2.64 bits per heavy atom. The van der Waals surface area contributed by atoms with E-state index in [0.717, 1.165) is 62.2 Å². The van der Waals surface area contributed by atoms with Gasteiger partial charge in [0.15, 0.2) is 5.76 Å². The van der Waals surface area contributed by atoms with E-state index in [2.05, 4.69) is 11.8 Å². The first-order valence-electron chi connectivity index (χ1n) is 9.26. The molecule has 0 unspecified atom stereocenters. The van der Waals surface area contributed by atoms with Gasteiger partial charge >= 0.3 is 0 Å². The molecule has 3 heterocycles. The third kappa shape index (κ3) is 3.18. The number of hydrogen-bond acceptors (Lipinski definition) is 4. The number of piperidine rings is 1. The maximum Gasteiger partial charge on any atom is 0.289 e. The first-order valence-corrected chi connectivity index (χ1v) is 9.26. The van der Waals surface area contributed by atoms with Gasteiger partial charge in [0, 0.05) is 43.2 Å². The van der Waals surface area contributed by atoms with Crippen molar-refractivity contribution in [3.05, 3.63) is 35.6 Å². The van der Waals surface area contributed by atoms with E-state index in [1.807, 2.05) is 36.1 Å². The van der Waals surface area contributed by atoms with Gasteiger partial charge in [-0.25, -0.2) is 0 Å². The maximum atomic E-state index is 12.9. The monoisotopic (exact) mass is 342 g/mol. The number of likely N-dealkylation sites (tertiary alicyclic amines) is 1. The van der Waals surface area contributed by atoms with Gasteiger partial charge in [-0.1, -0.05) is 18.2 Å². The zero-order chi connectivity index (χ0) is 17.4. The van der Waals surface area contributed by atoms with Crippen molar-refractivity contribution in [1.82, 2.24) is 9.80 Å². The number of nitrogens with zero attached hydrogens (tertiary/aromatic N) is 2. The number of benzene rings is 1. The average Bonchev–Trinajstić information content (AvgIpc) is 2.98. The number of hydrogen-bond donors (Lipinski definition) is 0. The third-order valence-electron chi connectivity index (χ3n) is 5.58. The number of morpholine rings is 1. The third-order valence-corrected chi connectivity index (χ3v) is 5.58. The van der Waals surface area contributed by atoms with Crippen molar-refractivity contribution in [1.29, 1.82) is 0 Å². The molecule has 4 rings (SSSR count). The normalized spacial score (nSPS) is 23.3. The highest BCUT2D eigenvalue weighted by molar-refractivity contribution is 5.98. The van der Waals surface area contributed by atoms with Crippen LogP contribution in [0.25, 0.3) is 11.0 Å². The molecule has 0 N–H and O–H groups in total. The molecular weight excluding hydrogens is 316 g/mol. The molecule has 0 aliphatic carbocycles. The highest BCUT2D eigenvalue weighted by Crippen LogP contribution is 2.27. The first-order chi connectivity index (χ1) is 12.1. The van der Waals surface area contributed by atoms with Gasteiger partial charge in [0.25, 0.3) is 5.91 Å². The predicted octanol–water partition coefficient (Wildman–Crippen LogP) is 3.07. The van der Waals surface area contributed by atoms with Crippen LogP contribution in [0.3, 0.4) is 0 Å². The van der Waals surface area contributed by atoms with Crippen LogP contribution in [0.15, 0.2) is 28.7 Å². The number of carbonyl (C=O) groups is 1. The van der Waals surface area contributed by atoms with Gasteiger partial charge in [-0.3, -0.25) is 9.69 Å². The second-order valence-electron chi connectivity index (χ2n) is 7.25. The Kier molecular flexibility index (Phi) is 4.52. The molecule has 1 amide bonds. The lowest BCUT2D eigenvalue weighted by Crippen LogP contribution is -2.51. The van der Waals surface area contributed by atoms with Crippen molar-refractivity contribution in [3.63, 3.8) is 0 Å². The van der Waals surface area contributed by atoms with Crippen LogP contribution >= 0.6 is 0 Å². The topological polar surface area (TPSA) is 45.9 Å². The van der Waals surface area contributed by atoms with Crippen LogP contribution in [0.5, 0.6) is 0 Å². The number of aryl methyl sites for hydroxylation is 1. The summed E-state index contributed by atoms with van der Waals surface area (Å²) in [6.07, 6.45) is 2.36. The van der Waals surface area contributed by atoms with E-state index in [1.165, 1.54) is 0 Å². The minimum absolute atomic E-state index is 0.0301. The fourth-order valence-electron chi connectivity index (χ4n) is 4.13. The fourth-order valence-corrected chi connectivity index (χ4v) is 4.13. The van der Waals surface area contributed by atoms with E-state index in [9.17, 15) is 4.79 Å². The number of amides is 1. The summed E-state index contributed by atoms with van der Waals surface area (Å²) in [4.78, 5) is 17.4. The van der Waals surface area contributed by atoms with Gasteiger partial charge < -0.3 is 14.1 Å². The van der Waals surface area contributed by atoms with Crippen LogP contribution in [0.1, 0.15) is 35.9 Å². The minimum Gasteiger partial charge on any atom is -0.451 e. The molecule has 5 nitrogen and oxygen atoms in total. The van der Waals surface area contributed by atoms with Crippen LogP contribution in [0, 0.1) is 6.92 Å². The number of para-hydroxylation sites is 1. The summed E-state index contributed by atoms with van der Waals surface area (Å²) in [5.74, 6) is 0.530. The average molecular weight is 342 g/mol. The molecule has 2 aliphatic heterocycles. The summed E-state index contributed by atoms with van der Waals surface area (Å²) in [6, 6.07) is 8.41. The Labute approximate surface area is 148 Å². The summed E-state index contributed by atoms with van der Waals surface area (Å²) < 4.78 is 11.5. The highest BCUT2D eigenvalue weighted by Gasteiger charge is 2.31. The van der Waals surface area contributed by atoms with Crippen LogP contribution in [0.4, 0.5) is 0 Å². The smallest absolute Gasteiger partial charge is 0.289 e. The lowest BCUT2D eigenvalue weighted by atomic mass is 10.0. The van der Waals surface area contributed by atoms with E-state index in [1.54, 1.807) is 0 Å². The molecule has 2 fully saturated rings. The second-order valence-corrected chi connectivity index (χ2v) is 7.25. The van der Waals surface area contributed by atoms with Crippen molar-refractivity contribution < 1.29 is 13.9 Å². The molecule has 25 heavy (non-hydrogen) atoms. The molecule has 0 bridgehead atoms. The Hall–Kier alpha value is -1.85. The molecular formula is C20H26N2O3. The van der Waals surface area contributed by atoms with E-state index in [-0.39, 0.29) is 5.91 Å². The first kappa shape index (κ1) is 16.6. The molecule has 1 aromatic carbocycles. The SMILES string of the molecule is Cc1c(C(=O)N2CCC(N3CCO[C@@H](C)C3)CC2)oc2ccccc12. The number of furan rings is 1. The molecule has 2 saturated heterocycles.